The Balaban J connectivity index is 0. The maximum absolute atomic E-state index is 11.6. The van der Waals surface area contributed by atoms with Crippen molar-refractivity contribution in [3.8, 4) is 0 Å². The molecule has 0 fully saturated rings. The first-order valence-electron chi connectivity index (χ1n) is 5.72. The minimum absolute atomic E-state index is 0. The Hall–Kier alpha value is -0.360. The lowest BCUT2D eigenvalue weighted by molar-refractivity contribution is -0.128. The van der Waals surface area contributed by atoms with Gasteiger partial charge in [0, 0.05) is 13.7 Å². The standard InChI is InChI=1S/C11H24N2O3.ClH/c1-4-11(5-2,9-12)13-10(14)8-16-7-6-15-3;/h4-9,12H2,1-3H3,(H,13,14);1H. The van der Waals surface area contributed by atoms with Crippen LogP contribution >= 0.6 is 12.4 Å². The fourth-order valence-electron chi connectivity index (χ4n) is 1.41. The largest absolute Gasteiger partial charge is 0.382 e. The zero-order valence-electron chi connectivity index (χ0n) is 11.0. The van der Waals surface area contributed by atoms with E-state index in [0.29, 0.717) is 19.8 Å². The normalized spacial score (nSPS) is 10.8. The molecule has 0 aromatic heterocycles. The number of hydrogen-bond donors (Lipinski definition) is 2. The highest BCUT2D eigenvalue weighted by atomic mass is 35.5. The van der Waals surface area contributed by atoms with Crippen molar-refractivity contribution in [3.05, 3.63) is 0 Å². The van der Waals surface area contributed by atoms with E-state index in [1.165, 1.54) is 0 Å². The predicted molar refractivity (Wildman–Crippen MR) is 70.5 cm³/mol. The first-order valence-corrected chi connectivity index (χ1v) is 5.72. The number of rotatable bonds is 9. The molecule has 0 heterocycles. The third-order valence-corrected chi connectivity index (χ3v) is 2.81. The van der Waals surface area contributed by atoms with Crippen molar-refractivity contribution in [2.75, 3.05) is 33.5 Å². The Bertz CT molecular complexity index is 191. The summed E-state index contributed by atoms with van der Waals surface area (Å²) in [4.78, 5) is 11.6. The van der Waals surface area contributed by atoms with Crippen molar-refractivity contribution in [2.24, 2.45) is 5.73 Å². The summed E-state index contributed by atoms with van der Waals surface area (Å²) in [6.07, 6.45) is 1.65. The SMILES string of the molecule is CCC(CC)(CN)NC(=O)COCCOC.Cl. The lowest BCUT2D eigenvalue weighted by Crippen LogP contribution is -2.53. The number of nitrogens with two attached hydrogens (primary N) is 1. The van der Waals surface area contributed by atoms with E-state index < -0.39 is 0 Å². The van der Waals surface area contributed by atoms with Crippen LogP contribution in [0.5, 0.6) is 0 Å². The van der Waals surface area contributed by atoms with E-state index in [1.807, 2.05) is 13.8 Å². The van der Waals surface area contributed by atoms with Crippen LogP contribution in [0.1, 0.15) is 26.7 Å². The van der Waals surface area contributed by atoms with Gasteiger partial charge in [0.2, 0.25) is 5.91 Å². The van der Waals surface area contributed by atoms with Crippen molar-refractivity contribution < 1.29 is 14.3 Å². The number of carbonyl (C=O) groups excluding carboxylic acids is 1. The number of nitrogens with one attached hydrogen (secondary N) is 1. The molecule has 0 saturated heterocycles. The van der Waals surface area contributed by atoms with Gasteiger partial charge in [0.15, 0.2) is 0 Å². The molecule has 0 aromatic rings. The zero-order valence-corrected chi connectivity index (χ0v) is 11.8. The Morgan fingerprint density at radius 1 is 1.29 bits per heavy atom. The molecule has 17 heavy (non-hydrogen) atoms. The molecule has 104 valence electrons. The molecule has 0 unspecified atom stereocenters. The average molecular weight is 269 g/mol. The van der Waals surface area contributed by atoms with Crippen molar-refractivity contribution in [1.29, 1.82) is 0 Å². The summed E-state index contributed by atoms with van der Waals surface area (Å²) in [6, 6.07) is 0. The molecule has 0 saturated carbocycles. The maximum atomic E-state index is 11.6. The highest BCUT2D eigenvalue weighted by molar-refractivity contribution is 5.85. The van der Waals surface area contributed by atoms with Gasteiger partial charge in [-0.1, -0.05) is 13.8 Å². The Morgan fingerprint density at radius 3 is 2.29 bits per heavy atom. The van der Waals surface area contributed by atoms with Crippen LogP contribution in [0.3, 0.4) is 0 Å². The molecular formula is C11H25ClN2O3. The molecule has 5 nitrogen and oxygen atoms in total. The molecule has 0 atom stereocenters. The van der Waals surface area contributed by atoms with Crippen LogP contribution in [-0.2, 0) is 14.3 Å². The molecule has 0 aliphatic rings. The number of halogens is 1. The summed E-state index contributed by atoms with van der Waals surface area (Å²) in [5, 5.41) is 2.93. The van der Waals surface area contributed by atoms with E-state index in [1.54, 1.807) is 7.11 Å². The minimum atomic E-state index is -0.290. The molecule has 0 aliphatic heterocycles. The summed E-state index contributed by atoms with van der Waals surface area (Å²) >= 11 is 0. The monoisotopic (exact) mass is 268 g/mol. The van der Waals surface area contributed by atoms with Crippen molar-refractivity contribution in [2.45, 2.75) is 32.2 Å². The highest BCUT2D eigenvalue weighted by Gasteiger charge is 2.25. The molecule has 3 N–H and O–H groups in total. The first kappa shape index (κ1) is 19.0. The van der Waals surface area contributed by atoms with Crippen LogP contribution in [0.25, 0.3) is 0 Å². The second-order valence-electron chi connectivity index (χ2n) is 3.79. The van der Waals surface area contributed by atoms with Gasteiger partial charge >= 0.3 is 0 Å². The summed E-state index contributed by atoms with van der Waals surface area (Å²) in [5.41, 5.74) is 5.39. The second-order valence-corrected chi connectivity index (χ2v) is 3.79. The Labute approximate surface area is 110 Å². The van der Waals surface area contributed by atoms with Gasteiger partial charge < -0.3 is 20.5 Å². The van der Waals surface area contributed by atoms with E-state index in [2.05, 4.69) is 5.32 Å². The Kier molecular flexibility index (Phi) is 12.0. The molecule has 6 heteroatoms. The van der Waals surface area contributed by atoms with Gasteiger partial charge in [0.05, 0.1) is 18.8 Å². The van der Waals surface area contributed by atoms with Crippen LogP contribution in [0, 0.1) is 0 Å². The number of amides is 1. The summed E-state index contributed by atoms with van der Waals surface area (Å²) < 4.78 is 9.95. The molecular weight excluding hydrogens is 244 g/mol. The van der Waals surface area contributed by atoms with Crippen LogP contribution in [-0.4, -0.2) is 44.9 Å². The van der Waals surface area contributed by atoms with Crippen LogP contribution in [0.4, 0.5) is 0 Å². The van der Waals surface area contributed by atoms with E-state index in [0.717, 1.165) is 12.8 Å². The number of methoxy groups -OCH3 is 1. The quantitative estimate of drug-likeness (QED) is 0.604. The van der Waals surface area contributed by atoms with Crippen LogP contribution < -0.4 is 11.1 Å². The molecule has 0 rings (SSSR count). The molecule has 0 radical (unpaired) electrons. The van der Waals surface area contributed by atoms with Gasteiger partial charge in [-0.3, -0.25) is 4.79 Å². The average Bonchev–Trinajstić information content (AvgIpc) is 2.32. The molecule has 0 bridgehead atoms. The summed E-state index contributed by atoms with van der Waals surface area (Å²) in [5.74, 6) is -0.120. The van der Waals surface area contributed by atoms with Crippen molar-refractivity contribution >= 4 is 18.3 Å². The van der Waals surface area contributed by atoms with Gasteiger partial charge in [-0.05, 0) is 12.8 Å². The third kappa shape index (κ3) is 7.54. The Morgan fingerprint density at radius 2 is 1.88 bits per heavy atom. The molecule has 0 aliphatic carbocycles. The fourth-order valence-corrected chi connectivity index (χ4v) is 1.41. The molecule has 0 aromatic carbocycles. The lowest BCUT2D eigenvalue weighted by atomic mass is 9.93. The van der Waals surface area contributed by atoms with Crippen LogP contribution in [0.15, 0.2) is 0 Å². The summed E-state index contributed by atoms with van der Waals surface area (Å²) in [6.45, 7) is 5.47. The van der Waals surface area contributed by atoms with E-state index >= 15 is 0 Å². The molecule has 1 amide bonds. The van der Waals surface area contributed by atoms with Gasteiger partial charge in [0.25, 0.3) is 0 Å². The van der Waals surface area contributed by atoms with Crippen LogP contribution in [0.2, 0.25) is 0 Å². The molecule has 0 spiro atoms. The summed E-state index contributed by atoms with van der Waals surface area (Å²) in [7, 11) is 1.59. The van der Waals surface area contributed by atoms with Crippen molar-refractivity contribution in [1.82, 2.24) is 5.32 Å². The van der Waals surface area contributed by atoms with Gasteiger partial charge in [-0.25, -0.2) is 0 Å². The number of carbonyl (C=O) groups is 1. The predicted octanol–water partition coefficient (Wildman–Crippen LogP) is 0.705. The minimum Gasteiger partial charge on any atom is -0.382 e. The van der Waals surface area contributed by atoms with E-state index in [4.69, 9.17) is 15.2 Å². The fraction of sp³-hybridized carbons (Fsp3) is 0.909. The third-order valence-electron chi connectivity index (χ3n) is 2.81. The first-order chi connectivity index (χ1) is 7.64. The zero-order chi connectivity index (χ0) is 12.4. The van der Waals surface area contributed by atoms with Crippen molar-refractivity contribution in [3.63, 3.8) is 0 Å². The number of ether oxygens (including phenoxy) is 2. The number of hydrogen-bond acceptors (Lipinski definition) is 4. The maximum Gasteiger partial charge on any atom is 0.246 e. The van der Waals surface area contributed by atoms with Gasteiger partial charge in [-0.2, -0.15) is 0 Å². The van der Waals surface area contributed by atoms with Gasteiger partial charge in [0.1, 0.15) is 6.61 Å². The smallest absolute Gasteiger partial charge is 0.246 e. The second kappa shape index (κ2) is 10.8. The van der Waals surface area contributed by atoms with E-state index in [9.17, 15) is 4.79 Å². The van der Waals surface area contributed by atoms with E-state index in [-0.39, 0.29) is 30.5 Å². The highest BCUT2D eigenvalue weighted by Crippen LogP contribution is 2.12. The lowest BCUT2D eigenvalue weighted by Gasteiger charge is -2.31. The van der Waals surface area contributed by atoms with Gasteiger partial charge in [-0.15, -0.1) is 12.4 Å². The topological polar surface area (TPSA) is 73.6 Å².